The van der Waals surface area contributed by atoms with Gasteiger partial charge >= 0.3 is 0 Å². The lowest BCUT2D eigenvalue weighted by Crippen LogP contribution is -2.47. The minimum absolute atomic E-state index is 0.188. The number of piperidine rings is 1. The maximum absolute atomic E-state index is 12.9. The number of aromatic nitrogens is 3. The van der Waals surface area contributed by atoms with E-state index in [1.54, 1.807) is 17.7 Å². The normalized spacial score (nSPS) is 20.5. The van der Waals surface area contributed by atoms with Crippen molar-refractivity contribution in [3.63, 3.8) is 0 Å². The average molecular weight is 402 g/mol. The van der Waals surface area contributed by atoms with Crippen LogP contribution in [0.3, 0.4) is 0 Å². The summed E-state index contributed by atoms with van der Waals surface area (Å²) in [6.45, 7) is 6.64. The number of aryl methyl sites for hydroxylation is 1. The molecular weight excluding hydrogens is 374 g/mol. The molecule has 2 fully saturated rings. The Morgan fingerprint density at radius 3 is 2.68 bits per heavy atom. The molecule has 150 valence electrons. The summed E-state index contributed by atoms with van der Waals surface area (Å²) in [7, 11) is 0. The number of amides is 1. The van der Waals surface area contributed by atoms with E-state index in [2.05, 4.69) is 32.2 Å². The summed E-state index contributed by atoms with van der Waals surface area (Å²) in [5.74, 6) is 0.188. The second-order valence-electron chi connectivity index (χ2n) is 7.63. The lowest BCUT2D eigenvalue weighted by molar-refractivity contribution is -0.136. The Kier molecular flexibility index (Phi) is 5.99. The van der Waals surface area contributed by atoms with Crippen LogP contribution in [0.5, 0.6) is 0 Å². The third-order valence-corrected chi connectivity index (χ3v) is 6.68. The molecule has 2 aromatic heterocycles. The highest BCUT2D eigenvalue weighted by Crippen LogP contribution is 2.33. The molecule has 2 aliphatic heterocycles. The first-order chi connectivity index (χ1) is 13.7. The first-order valence-corrected chi connectivity index (χ1v) is 10.8. The molecule has 4 heterocycles. The number of carbonyl (C=O) groups excluding carboxylic acids is 1. The van der Waals surface area contributed by atoms with E-state index in [-0.39, 0.29) is 11.5 Å². The van der Waals surface area contributed by atoms with Gasteiger partial charge in [-0.15, -0.1) is 11.3 Å². The van der Waals surface area contributed by atoms with Crippen molar-refractivity contribution in [3.05, 3.63) is 40.4 Å². The zero-order chi connectivity index (χ0) is 19.4. The van der Waals surface area contributed by atoms with E-state index in [0.717, 1.165) is 55.2 Å². The average Bonchev–Trinajstić information content (AvgIpc) is 3.11. The summed E-state index contributed by atoms with van der Waals surface area (Å²) >= 11 is 1.67. The van der Waals surface area contributed by atoms with Crippen molar-refractivity contribution >= 4 is 17.2 Å². The molecule has 2 aromatic rings. The number of ether oxygens (including phenoxy) is 1. The van der Waals surface area contributed by atoms with Gasteiger partial charge in [-0.3, -0.25) is 9.69 Å². The molecular formula is C20H27N5O2S. The van der Waals surface area contributed by atoms with Crippen molar-refractivity contribution in [2.24, 2.45) is 0 Å². The van der Waals surface area contributed by atoms with E-state index >= 15 is 0 Å². The first kappa shape index (κ1) is 19.4. The van der Waals surface area contributed by atoms with Crippen molar-refractivity contribution in [1.29, 1.82) is 0 Å². The van der Waals surface area contributed by atoms with Gasteiger partial charge in [-0.05, 0) is 19.3 Å². The van der Waals surface area contributed by atoms with Crippen LogP contribution in [0.1, 0.15) is 42.5 Å². The highest BCUT2D eigenvalue weighted by Gasteiger charge is 2.40. The molecule has 0 N–H and O–H groups in total. The van der Waals surface area contributed by atoms with Gasteiger partial charge in [0.2, 0.25) is 5.91 Å². The number of nitrogens with zero attached hydrogens (tertiary/aromatic N) is 5. The van der Waals surface area contributed by atoms with Crippen LogP contribution in [0.2, 0.25) is 0 Å². The lowest BCUT2D eigenvalue weighted by atomic mass is 9.87. The molecule has 0 unspecified atom stereocenters. The van der Waals surface area contributed by atoms with Gasteiger partial charge in [-0.2, -0.15) is 0 Å². The van der Waals surface area contributed by atoms with E-state index in [9.17, 15) is 4.79 Å². The van der Waals surface area contributed by atoms with Gasteiger partial charge in [0.15, 0.2) is 0 Å². The molecule has 0 radical (unpaired) electrons. The third kappa shape index (κ3) is 4.56. The van der Waals surface area contributed by atoms with Crippen molar-refractivity contribution in [2.75, 3.05) is 26.2 Å². The van der Waals surface area contributed by atoms with Gasteiger partial charge in [-0.1, -0.05) is 6.92 Å². The minimum atomic E-state index is -0.313. The molecule has 0 bridgehead atoms. The predicted octanol–water partition coefficient (Wildman–Crippen LogP) is 2.28. The van der Waals surface area contributed by atoms with Crippen LogP contribution < -0.4 is 0 Å². The van der Waals surface area contributed by atoms with Gasteiger partial charge in [0.05, 0.1) is 35.9 Å². The Hall–Kier alpha value is -1.90. The van der Waals surface area contributed by atoms with Crippen LogP contribution >= 0.6 is 11.3 Å². The Labute approximate surface area is 169 Å². The van der Waals surface area contributed by atoms with E-state index in [0.29, 0.717) is 26.1 Å². The summed E-state index contributed by atoms with van der Waals surface area (Å²) in [4.78, 5) is 30.0. The van der Waals surface area contributed by atoms with Crippen LogP contribution in [0.25, 0.3) is 0 Å². The quantitative estimate of drug-likeness (QED) is 0.765. The second-order valence-corrected chi connectivity index (χ2v) is 8.58. The van der Waals surface area contributed by atoms with Crippen LogP contribution in [0.15, 0.2) is 24.1 Å². The molecule has 1 amide bonds. The second kappa shape index (κ2) is 8.63. The monoisotopic (exact) mass is 401 g/mol. The van der Waals surface area contributed by atoms with Gasteiger partial charge in [0.1, 0.15) is 6.33 Å². The highest BCUT2D eigenvalue weighted by molar-refractivity contribution is 7.09. The zero-order valence-electron chi connectivity index (χ0n) is 16.3. The summed E-state index contributed by atoms with van der Waals surface area (Å²) in [5, 5.41) is 3.19. The SMILES string of the molecule is CCc1nc(CN2CCOC3(CCN(Cc4cncnc4)CC3)CC2=O)cs1. The predicted molar refractivity (Wildman–Crippen MR) is 107 cm³/mol. The maximum Gasteiger partial charge on any atom is 0.225 e. The van der Waals surface area contributed by atoms with Gasteiger partial charge in [-0.25, -0.2) is 15.0 Å². The summed E-state index contributed by atoms with van der Waals surface area (Å²) in [5.41, 5.74) is 1.80. The Morgan fingerprint density at radius 2 is 1.96 bits per heavy atom. The molecule has 8 heteroatoms. The van der Waals surface area contributed by atoms with Crippen LogP contribution in [-0.4, -0.2) is 62.5 Å². The molecule has 0 atom stereocenters. The summed E-state index contributed by atoms with van der Waals surface area (Å²) in [6, 6.07) is 0. The van der Waals surface area contributed by atoms with Crippen molar-refractivity contribution in [2.45, 2.75) is 51.3 Å². The Morgan fingerprint density at radius 1 is 1.18 bits per heavy atom. The van der Waals surface area contributed by atoms with Crippen molar-refractivity contribution < 1.29 is 9.53 Å². The van der Waals surface area contributed by atoms with Gasteiger partial charge < -0.3 is 9.64 Å². The molecule has 1 spiro atoms. The van der Waals surface area contributed by atoms with E-state index in [1.807, 2.05) is 17.3 Å². The fraction of sp³-hybridized carbons (Fsp3) is 0.600. The van der Waals surface area contributed by atoms with Gasteiger partial charge in [0, 0.05) is 49.5 Å². The number of rotatable bonds is 5. The topological polar surface area (TPSA) is 71.5 Å². The number of hydrogen-bond acceptors (Lipinski definition) is 7. The standard InChI is InChI=1S/C20H27N5O2S/c1-2-18-23-17(14-28-18)13-25-7-8-27-20(9-19(25)26)3-5-24(6-4-20)12-16-10-21-15-22-11-16/h10-11,14-15H,2-9,12-13H2,1H3. The van der Waals surface area contributed by atoms with Crippen LogP contribution in [0.4, 0.5) is 0 Å². The first-order valence-electron chi connectivity index (χ1n) is 9.97. The van der Waals surface area contributed by atoms with Gasteiger partial charge in [0.25, 0.3) is 0 Å². The fourth-order valence-electron chi connectivity index (χ4n) is 3.99. The Bertz CT molecular complexity index is 789. The molecule has 0 aliphatic carbocycles. The number of thiazole rings is 1. The van der Waals surface area contributed by atoms with Crippen molar-refractivity contribution in [3.8, 4) is 0 Å². The minimum Gasteiger partial charge on any atom is -0.373 e. The number of likely N-dealkylation sites (tertiary alicyclic amines) is 1. The number of carbonyl (C=O) groups is 1. The smallest absolute Gasteiger partial charge is 0.225 e. The largest absolute Gasteiger partial charge is 0.373 e. The summed E-state index contributed by atoms with van der Waals surface area (Å²) < 4.78 is 6.26. The molecule has 7 nitrogen and oxygen atoms in total. The Balaban J connectivity index is 1.33. The van der Waals surface area contributed by atoms with E-state index in [1.165, 1.54) is 0 Å². The maximum atomic E-state index is 12.9. The molecule has 28 heavy (non-hydrogen) atoms. The van der Waals surface area contributed by atoms with E-state index < -0.39 is 0 Å². The lowest BCUT2D eigenvalue weighted by Gasteiger charge is -2.40. The van der Waals surface area contributed by atoms with E-state index in [4.69, 9.17) is 4.74 Å². The fourth-order valence-corrected chi connectivity index (χ4v) is 4.73. The van der Waals surface area contributed by atoms with Crippen molar-refractivity contribution in [1.82, 2.24) is 24.8 Å². The third-order valence-electron chi connectivity index (χ3n) is 5.64. The molecule has 4 rings (SSSR count). The highest BCUT2D eigenvalue weighted by atomic mass is 32.1. The van der Waals surface area contributed by atoms with Crippen LogP contribution in [-0.2, 0) is 29.0 Å². The number of hydrogen-bond donors (Lipinski definition) is 0. The molecule has 2 aliphatic rings. The zero-order valence-corrected chi connectivity index (χ0v) is 17.2. The molecule has 0 aromatic carbocycles. The molecule has 2 saturated heterocycles. The van der Waals surface area contributed by atoms with Crippen LogP contribution in [0, 0.1) is 0 Å². The summed E-state index contributed by atoms with van der Waals surface area (Å²) in [6.07, 6.45) is 8.47. The molecule has 0 saturated carbocycles.